The van der Waals surface area contributed by atoms with E-state index in [-0.39, 0.29) is 13.0 Å². The number of amides is 1. The van der Waals surface area contributed by atoms with E-state index in [1.807, 2.05) is 36.4 Å². The van der Waals surface area contributed by atoms with Gasteiger partial charge in [-0.25, -0.2) is 4.79 Å². The molecule has 5 nitrogen and oxygen atoms in total. The number of halogens is 1. The van der Waals surface area contributed by atoms with Crippen LogP contribution < -0.4 is 5.32 Å². The Labute approximate surface area is 160 Å². The zero-order valence-electron chi connectivity index (χ0n) is 13.9. The lowest BCUT2D eigenvalue weighted by Crippen LogP contribution is -2.55. The molecule has 1 saturated heterocycles. The number of carboxylic acids is 1. The van der Waals surface area contributed by atoms with Crippen molar-refractivity contribution in [2.75, 3.05) is 13.2 Å². The number of benzene rings is 2. The van der Waals surface area contributed by atoms with E-state index >= 15 is 0 Å². The molecule has 0 bridgehead atoms. The molecular weight excluding hydrogens is 374 g/mol. The molecule has 0 saturated carbocycles. The summed E-state index contributed by atoms with van der Waals surface area (Å²) in [6.45, 7) is 0.317. The van der Waals surface area contributed by atoms with Gasteiger partial charge in [0, 0.05) is 34.3 Å². The van der Waals surface area contributed by atoms with Gasteiger partial charge in [-0.1, -0.05) is 23.7 Å². The van der Waals surface area contributed by atoms with Crippen molar-refractivity contribution in [2.24, 2.45) is 0 Å². The van der Waals surface area contributed by atoms with E-state index in [9.17, 15) is 14.7 Å². The average molecular weight is 392 g/mol. The van der Waals surface area contributed by atoms with Crippen molar-refractivity contribution < 1.29 is 19.4 Å². The Hall–Kier alpha value is -2.02. The van der Waals surface area contributed by atoms with Gasteiger partial charge in [-0.3, -0.25) is 4.79 Å². The van der Waals surface area contributed by atoms with Crippen LogP contribution in [0.2, 0.25) is 5.02 Å². The molecular formula is C19H18ClNO4S. The van der Waals surface area contributed by atoms with Gasteiger partial charge in [0.1, 0.15) is 0 Å². The standard InChI is InChI=1S/C19H18ClNO4S/c20-15-5-7-16(8-6-15)26-11-13-1-3-14(4-2-13)17(22)21-19(18(23)24)9-10-25-12-19/h1-8H,9-12H2,(H,21,22)(H,23,24). The fourth-order valence-corrected chi connectivity index (χ4v) is 3.61. The van der Waals surface area contributed by atoms with Gasteiger partial charge in [0.25, 0.3) is 5.91 Å². The molecule has 136 valence electrons. The van der Waals surface area contributed by atoms with Crippen molar-refractivity contribution in [1.82, 2.24) is 5.32 Å². The van der Waals surface area contributed by atoms with Crippen molar-refractivity contribution in [2.45, 2.75) is 22.6 Å². The smallest absolute Gasteiger partial charge is 0.331 e. The number of carbonyl (C=O) groups excluding carboxylic acids is 1. The van der Waals surface area contributed by atoms with Crippen LogP contribution in [0.4, 0.5) is 0 Å². The highest BCUT2D eigenvalue weighted by Gasteiger charge is 2.44. The third-order valence-electron chi connectivity index (χ3n) is 4.22. The summed E-state index contributed by atoms with van der Waals surface area (Å²) in [6, 6.07) is 14.8. The van der Waals surface area contributed by atoms with Crippen molar-refractivity contribution >= 4 is 35.2 Å². The monoisotopic (exact) mass is 391 g/mol. The first-order valence-electron chi connectivity index (χ1n) is 8.09. The summed E-state index contributed by atoms with van der Waals surface area (Å²) in [4.78, 5) is 25.0. The van der Waals surface area contributed by atoms with Crippen molar-refractivity contribution in [3.05, 3.63) is 64.7 Å². The van der Waals surface area contributed by atoms with Crippen LogP contribution in [-0.4, -0.2) is 35.7 Å². The molecule has 1 fully saturated rings. The van der Waals surface area contributed by atoms with E-state index in [2.05, 4.69) is 5.32 Å². The number of hydrogen-bond donors (Lipinski definition) is 2. The molecule has 1 atom stereocenters. The highest BCUT2D eigenvalue weighted by atomic mass is 35.5. The quantitative estimate of drug-likeness (QED) is 0.736. The van der Waals surface area contributed by atoms with Gasteiger partial charge in [0.2, 0.25) is 0 Å². The summed E-state index contributed by atoms with van der Waals surface area (Å²) in [5, 5.41) is 12.7. The van der Waals surface area contributed by atoms with Crippen LogP contribution in [0.5, 0.6) is 0 Å². The van der Waals surface area contributed by atoms with E-state index < -0.39 is 17.4 Å². The Balaban J connectivity index is 1.60. The van der Waals surface area contributed by atoms with E-state index in [0.29, 0.717) is 17.2 Å². The second-order valence-corrected chi connectivity index (χ2v) is 7.57. The summed E-state index contributed by atoms with van der Waals surface area (Å²) in [5.41, 5.74) is 0.164. The first-order valence-corrected chi connectivity index (χ1v) is 9.46. The van der Waals surface area contributed by atoms with Crippen LogP contribution >= 0.6 is 23.4 Å². The van der Waals surface area contributed by atoms with Gasteiger partial charge in [-0.05, 0) is 42.0 Å². The van der Waals surface area contributed by atoms with Crippen molar-refractivity contribution in [3.8, 4) is 0 Å². The first-order chi connectivity index (χ1) is 12.5. The number of aliphatic carboxylic acids is 1. The molecule has 1 heterocycles. The van der Waals surface area contributed by atoms with E-state index in [1.54, 1.807) is 23.9 Å². The minimum atomic E-state index is -1.33. The molecule has 1 unspecified atom stereocenters. The molecule has 0 aliphatic carbocycles. The van der Waals surface area contributed by atoms with Gasteiger partial charge in [-0.15, -0.1) is 11.8 Å². The fourth-order valence-electron chi connectivity index (χ4n) is 2.63. The highest BCUT2D eigenvalue weighted by Crippen LogP contribution is 2.25. The first kappa shape index (κ1) is 18.8. The zero-order valence-corrected chi connectivity index (χ0v) is 15.5. The Morgan fingerprint density at radius 3 is 2.42 bits per heavy atom. The number of carboxylic acid groups (broad SMARTS) is 1. The number of ether oxygens (including phenoxy) is 1. The highest BCUT2D eigenvalue weighted by molar-refractivity contribution is 7.98. The van der Waals surface area contributed by atoms with E-state index in [4.69, 9.17) is 16.3 Å². The topological polar surface area (TPSA) is 75.6 Å². The third kappa shape index (κ3) is 4.38. The second kappa shape index (κ2) is 8.12. The predicted molar refractivity (Wildman–Crippen MR) is 101 cm³/mol. The number of nitrogens with one attached hydrogen (secondary N) is 1. The van der Waals surface area contributed by atoms with Crippen molar-refractivity contribution in [3.63, 3.8) is 0 Å². The zero-order chi connectivity index (χ0) is 18.6. The summed E-state index contributed by atoms with van der Waals surface area (Å²) in [6.07, 6.45) is 0.268. The fraction of sp³-hybridized carbons (Fsp3) is 0.263. The van der Waals surface area contributed by atoms with Crippen LogP contribution in [0.15, 0.2) is 53.4 Å². The number of hydrogen-bond acceptors (Lipinski definition) is 4. The normalized spacial score (nSPS) is 19.3. The molecule has 0 radical (unpaired) electrons. The molecule has 26 heavy (non-hydrogen) atoms. The number of carbonyl (C=O) groups is 2. The number of thioether (sulfide) groups is 1. The Kier molecular flexibility index (Phi) is 5.86. The molecule has 2 N–H and O–H groups in total. The van der Waals surface area contributed by atoms with Gasteiger partial charge < -0.3 is 15.2 Å². The Bertz CT molecular complexity index is 786. The van der Waals surface area contributed by atoms with Crippen LogP contribution in [0.25, 0.3) is 0 Å². The molecule has 1 aliphatic rings. The SMILES string of the molecule is O=C(NC1(C(=O)O)CCOC1)c1ccc(CSc2ccc(Cl)cc2)cc1. The molecule has 0 aromatic heterocycles. The van der Waals surface area contributed by atoms with Crippen LogP contribution in [0, 0.1) is 0 Å². The van der Waals surface area contributed by atoms with Gasteiger partial charge in [0.05, 0.1) is 6.61 Å². The minimum absolute atomic E-state index is 0.0100. The number of rotatable bonds is 6. The molecule has 0 spiro atoms. The largest absolute Gasteiger partial charge is 0.479 e. The van der Waals surface area contributed by atoms with Crippen LogP contribution in [-0.2, 0) is 15.3 Å². The molecule has 1 amide bonds. The molecule has 7 heteroatoms. The lowest BCUT2D eigenvalue weighted by molar-refractivity contribution is -0.144. The maximum atomic E-state index is 12.4. The van der Waals surface area contributed by atoms with E-state index in [1.165, 1.54) is 0 Å². The van der Waals surface area contributed by atoms with Gasteiger partial charge in [0.15, 0.2) is 5.54 Å². The van der Waals surface area contributed by atoms with Crippen LogP contribution in [0.3, 0.4) is 0 Å². The van der Waals surface area contributed by atoms with Crippen molar-refractivity contribution in [1.29, 1.82) is 0 Å². The predicted octanol–water partition coefficient (Wildman–Crippen LogP) is 3.61. The maximum absolute atomic E-state index is 12.4. The summed E-state index contributed by atoms with van der Waals surface area (Å²) in [5.74, 6) is -0.717. The minimum Gasteiger partial charge on any atom is -0.479 e. The van der Waals surface area contributed by atoms with Gasteiger partial charge >= 0.3 is 5.97 Å². The van der Waals surface area contributed by atoms with E-state index in [0.717, 1.165) is 16.2 Å². The summed E-state index contributed by atoms with van der Waals surface area (Å²) >= 11 is 7.55. The molecule has 3 rings (SSSR count). The Morgan fingerprint density at radius 2 is 1.85 bits per heavy atom. The molecule has 1 aliphatic heterocycles. The molecule has 2 aromatic rings. The summed E-state index contributed by atoms with van der Waals surface area (Å²) in [7, 11) is 0. The van der Waals surface area contributed by atoms with Gasteiger partial charge in [-0.2, -0.15) is 0 Å². The van der Waals surface area contributed by atoms with Crippen LogP contribution in [0.1, 0.15) is 22.3 Å². The Morgan fingerprint density at radius 1 is 1.15 bits per heavy atom. The summed E-state index contributed by atoms with van der Waals surface area (Å²) < 4.78 is 5.15. The second-order valence-electron chi connectivity index (χ2n) is 6.08. The third-order valence-corrected chi connectivity index (χ3v) is 5.55. The lowest BCUT2D eigenvalue weighted by atomic mass is 9.98. The average Bonchev–Trinajstić information content (AvgIpc) is 3.11. The maximum Gasteiger partial charge on any atom is 0.331 e. The molecule has 2 aromatic carbocycles. The lowest BCUT2D eigenvalue weighted by Gasteiger charge is -2.23.